The summed E-state index contributed by atoms with van der Waals surface area (Å²) in [5.74, 6) is -3.15. The van der Waals surface area contributed by atoms with E-state index in [0.29, 0.717) is 0 Å². The number of alkyl halides is 2. The Morgan fingerprint density at radius 3 is 2.47 bits per heavy atom. The average Bonchev–Trinajstić information content (AvgIpc) is 2.79. The van der Waals surface area contributed by atoms with E-state index in [4.69, 9.17) is 15.9 Å². The number of nitrogens with one attached hydrogen (secondary N) is 1. The first-order valence-corrected chi connectivity index (χ1v) is 11.1. The van der Waals surface area contributed by atoms with Gasteiger partial charge in [-0.3, -0.25) is 0 Å². The van der Waals surface area contributed by atoms with Crippen molar-refractivity contribution >= 4 is 16.7 Å². The summed E-state index contributed by atoms with van der Waals surface area (Å²) in [6.07, 6.45) is 5.49. The van der Waals surface area contributed by atoms with Gasteiger partial charge < -0.3 is 19.9 Å². The zero-order valence-electron chi connectivity index (χ0n) is 20.5. The number of aliphatic hydroxyl groups is 1. The van der Waals surface area contributed by atoms with Crippen LogP contribution in [0.1, 0.15) is 49.3 Å². The van der Waals surface area contributed by atoms with E-state index in [9.17, 15) is 13.9 Å². The highest BCUT2D eigenvalue weighted by atomic mass is 19.3. The van der Waals surface area contributed by atoms with Crippen LogP contribution in [0.15, 0.2) is 24.3 Å². The number of hydrogen-bond donors (Lipinski definition) is 2. The largest absolute Gasteiger partial charge is 0.490 e. The summed E-state index contributed by atoms with van der Waals surface area (Å²) in [6.45, 7) is 5.23. The molecule has 192 valence electrons. The second kappa shape index (κ2) is 10.3. The minimum atomic E-state index is -3.85. The first kappa shape index (κ1) is 27.2. The maximum absolute atomic E-state index is 15.3. The van der Waals surface area contributed by atoms with Crippen LogP contribution in [-0.4, -0.2) is 41.0 Å². The molecule has 0 fully saturated rings. The van der Waals surface area contributed by atoms with Gasteiger partial charge in [-0.2, -0.15) is 8.78 Å². The van der Waals surface area contributed by atoms with E-state index in [1.165, 1.54) is 32.2 Å². The maximum Gasteiger partial charge on any atom is 0.303 e. The van der Waals surface area contributed by atoms with Crippen molar-refractivity contribution < 1.29 is 32.1 Å². The quantitative estimate of drug-likeness (QED) is 0.235. The van der Waals surface area contributed by atoms with E-state index >= 15 is 8.78 Å². The van der Waals surface area contributed by atoms with Crippen LogP contribution >= 0.6 is 0 Å². The summed E-state index contributed by atoms with van der Waals surface area (Å²) < 4.78 is 70.5. The van der Waals surface area contributed by atoms with E-state index < -0.39 is 34.8 Å². The molecule has 3 aromatic rings. The first-order chi connectivity index (χ1) is 16.8. The number of benzene rings is 2. The number of methoxy groups -OCH3 is 1. The lowest BCUT2D eigenvalue weighted by Gasteiger charge is -2.30. The molecule has 0 saturated heterocycles. The van der Waals surface area contributed by atoms with Crippen LogP contribution < -0.4 is 10.1 Å². The molecule has 1 heterocycles. The Labute approximate surface area is 206 Å². The third-order valence-electron chi connectivity index (χ3n) is 5.65. The highest BCUT2D eigenvalue weighted by Crippen LogP contribution is 2.41. The van der Waals surface area contributed by atoms with Crippen LogP contribution in [0.2, 0.25) is 0 Å². The normalized spacial score (nSPS) is 12.9. The van der Waals surface area contributed by atoms with E-state index in [1.54, 1.807) is 6.92 Å². The lowest BCUT2D eigenvalue weighted by molar-refractivity contribution is -0.170. The van der Waals surface area contributed by atoms with Crippen LogP contribution in [0.4, 0.5) is 23.4 Å². The zero-order chi connectivity index (χ0) is 26.8. The predicted molar refractivity (Wildman–Crippen MR) is 128 cm³/mol. The SMILES string of the molecule is C#Cc1c(OCCOC)cc2c(N[C@H](C)c3cccc(C(F)(F)C(C)(C)O)c3F)nc(C)nc2c1F. The summed E-state index contributed by atoms with van der Waals surface area (Å²) in [7, 11) is 1.48. The van der Waals surface area contributed by atoms with Crippen molar-refractivity contribution in [3.8, 4) is 18.1 Å². The van der Waals surface area contributed by atoms with Gasteiger partial charge in [0.1, 0.15) is 46.5 Å². The molecule has 3 rings (SSSR count). The number of aryl methyl sites for hydroxylation is 1. The molecule has 0 saturated carbocycles. The number of hydrogen-bond acceptors (Lipinski definition) is 6. The molecule has 0 aliphatic heterocycles. The summed E-state index contributed by atoms with van der Waals surface area (Å²) in [5.41, 5.74) is -3.73. The minimum absolute atomic E-state index is 0.0701. The maximum atomic E-state index is 15.3. The van der Waals surface area contributed by atoms with Gasteiger partial charge in [-0.1, -0.05) is 18.1 Å². The molecule has 2 aromatic carbocycles. The monoisotopic (exact) mass is 505 g/mol. The number of rotatable bonds is 9. The van der Waals surface area contributed by atoms with Crippen LogP contribution in [-0.2, 0) is 10.7 Å². The van der Waals surface area contributed by atoms with Crippen molar-refractivity contribution in [2.24, 2.45) is 0 Å². The van der Waals surface area contributed by atoms with Crippen LogP contribution in [0, 0.1) is 30.9 Å². The number of fused-ring (bicyclic) bond motifs is 1. The number of halogens is 4. The Hall–Kier alpha value is -3.42. The Morgan fingerprint density at radius 1 is 1.17 bits per heavy atom. The Balaban J connectivity index is 2.09. The molecule has 0 unspecified atom stereocenters. The van der Waals surface area contributed by atoms with Gasteiger partial charge in [0.05, 0.1) is 18.2 Å². The fourth-order valence-electron chi connectivity index (χ4n) is 3.65. The summed E-state index contributed by atoms with van der Waals surface area (Å²) in [4.78, 5) is 8.46. The molecule has 0 amide bonds. The molecular formula is C26H27F4N3O3. The highest BCUT2D eigenvalue weighted by molar-refractivity contribution is 5.92. The second-order valence-electron chi connectivity index (χ2n) is 8.77. The highest BCUT2D eigenvalue weighted by Gasteiger charge is 2.49. The van der Waals surface area contributed by atoms with Gasteiger partial charge in [0.25, 0.3) is 0 Å². The standard InChI is InChI=1S/C26H27F4N3O3/c1-7-16-20(36-12-11-35-6)13-18-23(22(16)28)32-15(3)33-24(18)31-14(2)17-9-8-10-19(21(17)27)26(29,30)25(4,5)34/h1,8-10,13-14,34H,11-12H2,2-6H3,(H,31,32,33)/t14-/m1/s1. The molecule has 0 radical (unpaired) electrons. The van der Waals surface area contributed by atoms with E-state index in [0.717, 1.165) is 19.9 Å². The average molecular weight is 506 g/mol. The molecule has 1 aromatic heterocycles. The molecular weight excluding hydrogens is 478 g/mol. The van der Waals surface area contributed by atoms with Gasteiger partial charge in [0, 0.05) is 18.1 Å². The van der Waals surface area contributed by atoms with Gasteiger partial charge in [-0.15, -0.1) is 6.42 Å². The molecule has 36 heavy (non-hydrogen) atoms. The number of anilines is 1. The van der Waals surface area contributed by atoms with Crippen molar-refractivity contribution in [3.05, 3.63) is 58.4 Å². The third kappa shape index (κ3) is 5.08. The summed E-state index contributed by atoms with van der Waals surface area (Å²) >= 11 is 0. The van der Waals surface area contributed by atoms with E-state index in [-0.39, 0.29) is 52.6 Å². The molecule has 0 aliphatic carbocycles. The predicted octanol–water partition coefficient (Wildman–Crippen LogP) is 5.26. The number of aromatic nitrogens is 2. The van der Waals surface area contributed by atoms with Gasteiger partial charge >= 0.3 is 5.92 Å². The Kier molecular flexibility index (Phi) is 7.76. The molecule has 10 heteroatoms. The summed E-state index contributed by atoms with van der Waals surface area (Å²) in [6, 6.07) is 4.12. The van der Waals surface area contributed by atoms with Crippen LogP contribution in [0.5, 0.6) is 5.75 Å². The molecule has 2 N–H and O–H groups in total. The third-order valence-corrected chi connectivity index (χ3v) is 5.65. The second-order valence-corrected chi connectivity index (χ2v) is 8.77. The number of ether oxygens (including phenoxy) is 2. The summed E-state index contributed by atoms with van der Waals surface area (Å²) in [5, 5.41) is 13.1. The van der Waals surface area contributed by atoms with Crippen molar-refractivity contribution in [2.75, 3.05) is 25.6 Å². The number of nitrogens with zero attached hydrogens (tertiary/aromatic N) is 2. The van der Waals surface area contributed by atoms with E-state index in [1.807, 2.05) is 0 Å². The van der Waals surface area contributed by atoms with Gasteiger partial charge in [-0.25, -0.2) is 18.7 Å². The fraction of sp³-hybridized carbons (Fsp3) is 0.385. The first-order valence-electron chi connectivity index (χ1n) is 11.1. The van der Waals surface area contributed by atoms with Gasteiger partial charge in [0.15, 0.2) is 5.82 Å². The molecule has 0 bridgehead atoms. The Bertz CT molecular complexity index is 1320. The van der Waals surface area contributed by atoms with Crippen molar-refractivity contribution in [1.29, 1.82) is 0 Å². The fourth-order valence-corrected chi connectivity index (χ4v) is 3.65. The smallest absolute Gasteiger partial charge is 0.303 e. The van der Waals surface area contributed by atoms with Gasteiger partial charge in [-0.05, 0) is 39.8 Å². The van der Waals surface area contributed by atoms with Gasteiger partial charge in [0.2, 0.25) is 0 Å². The van der Waals surface area contributed by atoms with Crippen LogP contribution in [0.25, 0.3) is 10.9 Å². The van der Waals surface area contributed by atoms with Crippen molar-refractivity contribution in [2.45, 2.75) is 45.3 Å². The van der Waals surface area contributed by atoms with Crippen molar-refractivity contribution in [3.63, 3.8) is 0 Å². The van der Waals surface area contributed by atoms with Crippen molar-refractivity contribution in [1.82, 2.24) is 9.97 Å². The minimum Gasteiger partial charge on any atom is -0.490 e. The molecule has 6 nitrogen and oxygen atoms in total. The molecule has 0 spiro atoms. The topological polar surface area (TPSA) is 76.5 Å². The lowest BCUT2D eigenvalue weighted by atomic mass is 9.91. The number of terminal acetylenes is 1. The molecule has 0 aliphatic rings. The zero-order valence-corrected chi connectivity index (χ0v) is 20.5. The lowest BCUT2D eigenvalue weighted by Crippen LogP contribution is -2.41. The Morgan fingerprint density at radius 2 is 1.86 bits per heavy atom. The van der Waals surface area contributed by atoms with E-state index in [2.05, 4.69) is 21.2 Å². The van der Waals surface area contributed by atoms with Crippen LogP contribution in [0.3, 0.4) is 0 Å². The molecule has 1 atom stereocenters.